The maximum absolute atomic E-state index is 12.5. The van der Waals surface area contributed by atoms with Crippen LogP contribution in [0, 0.1) is 0 Å². The molecular weight excluding hydrogens is 540 g/mol. The Balaban J connectivity index is 1.30. The molecule has 3 aromatic rings. The number of halogens is 1. The highest BCUT2D eigenvalue weighted by Gasteiger charge is 2.40. The summed E-state index contributed by atoms with van der Waals surface area (Å²) in [7, 11) is 1.65. The summed E-state index contributed by atoms with van der Waals surface area (Å²) in [5.74, 6) is 1.93. The van der Waals surface area contributed by atoms with Gasteiger partial charge in [-0.15, -0.1) is 0 Å². The third kappa shape index (κ3) is 6.42. The first-order valence-corrected chi connectivity index (χ1v) is 14.4. The predicted octanol–water partition coefficient (Wildman–Crippen LogP) is 5.67. The van der Waals surface area contributed by atoms with Gasteiger partial charge >= 0.3 is 0 Å². The Morgan fingerprint density at radius 2 is 2.07 bits per heavy atom. The van der Waals surface area contributed by atoms with E-state index in [1.165, 1.54) is 5.56 Å². The van der Waals surface area contributed by atoms with Crippen LogP contribution in [0.3, 0.4) is 0 Å². The van der Waals surface area contributed by atoms with Gasteiger partial charge in [0.05, 0.1) is 30.0 Å². The number of anilines is 4. The zero-order valence-electron chi connectivity index (χ0n) is 24.3. The summed E-state index contributed by atoms with van der Waals surface area (Å²) >= 11 is 6.45. The van der Waals surface area contributed by atoms with E-state index in [1.807, 2.05) is 52.0 Å². The zero-order valence-corrected chi connectivity index (χ0v) is 25.1. The van der Waals surface area contributed by atoms with Crippen molar-refractivity contribution >= 4 is 40.6 Å². The molecule has 0 aliphatic carbocycles. The van der Waals surface area contributed by atoms with E-state index in [0.29, 0.717) is 41.5 Å². The van der Waals surface area contributed by atoms with Crippen molar-refractivity contribution in [1.29, 1.82) is 0 Å². The summed E-state index contributed by atoms with van der Waals surface area (Å²) in [6, 6.07) is 12.0. The second kappa shape index (κ2) is 11.5. The molecule has 3 heterocycles. The third-order valence-corrected chi connectivity index (χ3v) is 8.12. The second-order valence-electron chi connectivity index (χ2n) is 12.1. The van der Waals surface area contributed by atoms with E-state index in [-0.39, 0.29) is 5.91 Å². The highest BCUT2D eigenvalue weighted by Crippen LogP contribution is 2.40. The van der Waals surface area contributed by atoms with Crippen LogP contribution in [0.1, 0.15) is 63.1 Å². The van der Waals surface area contributed by atoms with Crippen molar-refractivity contribution in [3.8, 4) is 5.75 Å². The number of rotatable bonds is 9. The Labute approximate surface area is 246 Å². The molecule has 1 atom stereocenters. The summed E-state index contributed by atoms with van der Waals surface area (Å²) in [4.78, 5) is 23.8. The summed E-state index contributed by atoms with van der Waals surface area (Å²) in [5, 5.41) is 20.2. The fraction of sp³-hybridized carbons (Fsp3) is 0.452. The fourth-order valence-electron chi connectivity index (χ4n) is 5.92. The van der Waals surface area contributed by atoms with Gasteiger partial charge in [0.2, 0.25) is 11.9 Å². The summed E-state index contributed by atoms with van der Waals surface area (Å²) in [6.07, 6.45) is 3.75. The maximum atomic E-state index is 12.5. The van der Waals surface area contributed by atoms with Crippen molar-refractivity contribution in [2.24, 2.45) is 0 Å². The fourth-order valence-corrected chi connectivity index (χ4v) is 6.07. The van der Waals surface area contributed by atoms with Crippen molar-refractivity contribution in [3.05, 3.63) is 64.3 Å². The Kier molecular flexibility index (Phi) is 8.14. The van der Waals surface area contributed by atoms with Gasteiger partial charge < -0.3 is 25.8 Å². The lowest BCUT2D eigenvalue weighted by molar-refractivity contribution is -0.119. The van der Waals surface area contributed by atoms with E-state index in [1.54, 1.807) is 13.3 Å². The molecule has 9 nitrogen and oxygen atoms in total. The molecule has 218 valence electrons. The summed E-state index contributed by atoms with van der Waals surface area (Å²) < 4.78 is 5.74. The number of likely N-dealkylation sites (tertiary alicyclic amines) is 1. The van der Waals surface area contributed by atoms with E-state index in [9.17, 15) is 9.90 Å². The monoisotopic (exact) mass is 578 g/mol. The molecule has 0 saturated carbocycles. The number of carbonyl (C=O) groups is 1. The van der Waals surface area contributed by atoms with Gasteiger partial charge in [0.25, 0.3) is 0 Å². The van der Waals surface area contributed by atoms with Gasteiger partial charge in [-0.25, -0.2) is 4.98 Å². The molecule has 2 aromatic carbocycles. The van der Waals surface area contributed by atoms with Crippen LogP contribution in [0.5, 0.6) is 5.75 Å². The number of amides is 1. The maximum Gasteiger partial charge on any atom is 0.234 e. The lowest BCUT2D eigenvalue weighted by Gasteiger charge is -2.36. The Morgan fingerprint density at radius 3 is 2.83 bits per heavy atom. The number of carbonyl (C=O) groups excluding carboxylic acids is 1. The van der Waals surface area contributed by atoms with E-state index in [0.717, 1.165) is 48.4 Å². The minimum atomic E-state index is -0.715. The van der Waals surface area contributed by atoms with Crippen LogP contribution in [0.25, 0.3) is 0 Å². The zero-order chi connectivity index (χ0) is 29.4. The lowest BCUT2D eigenvalue weighted by atomic mass is 9.83. The van der Waals surface area contributed by atoms with Gasteiger partial charge in [-0.05, 0) is 87.9 Å². The smallest absolute Gasteiger partial charge is 0.234 e. The number of ether oxygens (including phenoxy) is 1. The van der Waals surface area contributed by atoms with Crippen LogP contribution in [0.2, 0.25) is 5.02 Å². The van der Waals surface area contributed by atoms with E-state index < -0.39 is 11.0 Å². The van der Waals surface area contributed by atoms with Crippen LogP contribution in [0.15, 0.2) is 42.6 Å². The molecule has 0 radical (unpaired) electrons. The predicted molar refractivity (Wildman–Crippen MR) is 163 cm³/mol. The van der Waals surface area contributed by atoms with Crippen LogP contribution in [0.4, 0.5) is 23.1 Å². The standard InChI is InChI=1S/C31H39ClN6O3/c1-30(2,40)18-38-13-7-9-21(17-38)19-11-12-23(25(14-19)41-5)36-29-34-16-22(32)27(37-29)33-15-20-8-6-10-24-26(20)31(3,4)28(39)35-24/h6,8,10-12,14,16,21,40H,7,9,13,15,17-18H2,1-5H3,(H,35,39)(H2,33,34,36,37). The molecule has 10 heteroatoms. The number of β-amino-alcohol motifs (C(OH)–C–C–N with tert-alkyl or cyclic N) is 1. The number of nitrogens with one attached hydrogen (secondary N) is 3. The van der Waals surface area contributed by atoms with Gasteiger partial charge in [-0.2, -0.15) is 4.98 Å². The van der Waals surface area contributed by atoms with E-state index in [4.69, 9.17) is 16.3 Å². The van der Waals surface area contributed by atoms with Crippen LogP contribution >= 0.6 is 11.6 Å². The highest BCUT2D eigenvalue weighted by molar-refractivity contribution is 6.32. The quantitative estimate of drug-likeness (QED) is 0.257. The topological polar surface area (TPSA) is 112 Å². The molecule has 2 aliphatic heterocycles. The number of hydrogen-bond acceptors (Lipinski definition) is 8. The molecule has 1 unspecified atom stereocenters. The van der Waals surface area contributed by atoms with Crippen molar-refractivity contribution in [2.45, 2.75) is 64.0 Å². The SMILES string of the molecule is COc1cc(C2CCCN(CC(C)(C)O)C2)ccc1Nc1ncc(Cl)c(NCc2cccc3c2C(C)(C)C(=O)N3)n1. The molecule has 4 N–H and O–H groups in total. The van der Waals surface area contributed by atoms with Gasteiger partial charge in [-0.1, -0.05) is 29.8 Å². The van der Waals surface area contributed by atoms with Crippen molar-refractivity contribution in [2.75, 3.05) is 42.7 Å². The average molecular weight is 579 g/mol. The van der Waals surface area contributed by atoms with Crippen molar-refractivity contribution in [1.82, 2.24) is 14.9 Å². The highest BCUT2D eigenvalue weighted by atomic mass is 35.5. The van der Waals surface area contributed by atoms with Crippen LogP contribution < -0.4 is 20.7 Å². The number of aliphatic hydroxyl groups is 1. The minimum Gasteiger partial charge on any atom is -0.495 e. The summed E-state index contributed by atoms with van der Waals surface area (Å²) in [6.45, 7) is 10.6. The number of hydrogen-bond donors (Lipinski definition) is 4. The Bertz CT molecular complexity index is 1440. The molecule has 1 amide bonds. The number of aromatic nitrogens is 2. The third-order valence-electron chi connectivity index (χ3n) is 7.84. The minimum absolute atomic E-state index is 0.0126. The molecule has 0 spiro atoms. The Morgan fingerprint density at radius 1 is 1.27 bits per heavy atom. The second-order valence-corrected chi connectivity index (χ2v) is 12.5. The molecule has 1 fully saturated rings. The van der Waals surface area contributed by atoms with Gasteiger partial charge in [0, 0.05) is 25.3 Å². The van der Waals surface area contributed by atoms with Gasteiger partial charge in [0.1, 0.15) is 10.8 Å². The summed E-state index contributed by atoms with van der Waals surface area (Å²) in [5.41, 5.74) is 3.43. The molecule has 1 saturated heterocycles. The number of piperidine rings is 1. The van der Waals surface area contributed by atoms with Crippen molar-refractivity contribution in [3.63, 3.8) is 0 Å². The number of nitrogens with zero attached hydrogens (tertiary/aromatic N) is 3. The molecule has 2 aliphatic rings. The first kappa shape index (κ1) is 29.1. The lowest BCUT2D eigenvalue weighted by Crippen LogP contribution is -2.43. The van der Waals surface area contributed by atoms with Crippen LogP contribution in [-0.2, 0) is 16.8 Å². The van der Waals surface area contributed by atoms with Crippen LogP contribution in [-0.4, -0.2) is 58.2 Å². The first-order valence-electron chi connectivity index (χ1n) is 14.0. The largest absolute Gasteiger partial charge is 0.495 e. The van der Waals surface area contributed by atoms with E-state index in [2.05, 4.69) is 43.0 Å². The number of methoxy groups -OCH3 is 1. The number of benzene rings is 2. The normalized spacial score (nSPS) is 18.5. The van der Waals surface area contributed by atoms with Gasteiger partial charge in [-0.3, -0.25) is 9.69 Å². The molecule has 1 aromatic heterocycles. The van der Waals surface area contributed by atoms with Gasteiger partial charge in [0.15, 0.2) is 5.82 Å². The molecule has 41 heavy (non-hydrogen) atoms. The molecule has 0 bridgehead atoms. The average Bonchev–Trinajstić information content (AvgIpc) is 3.16. The molecule has 5 rings (SSSR count). The molecular formula is C31H39ClN6O3. The van der Waals surface area contributed by atoms with E-state index >= 15 is 0 Å². The number of fused-ring (bicyclic) bond motifs is 1. The van der Waals surface area contributed by atoms with Crippen molar-refractivity contribution < 1.29 is 14.6 Å². The Hall–Kier alpha value is -3.40. The first-order chi connectivity index (χ1) is 19.4.